The highest BCUT2D eigenvalue weighted by Crippen LogP contribution is 2.34. The van der Waals surface area contributed by atoms with Crippen LogP contribution in [0, 0.1) is 0 Å². The van der Waals surface area contributed by atoms with Crippen molar-refractivity contribution in [2.45, 2.75) is 76.1 Å². The molecule has 11 heteroatoms. The first-order valence-electron chi connectivity index (χ1n) is 12.2. The van der Waals surface area contributed by atoms with Gasteiger partial charge in [0.1, 0.15) is 17.9 Å². The lowest BCUT2D eigenvalue weighted by atomic mass is 10.0. The van der Waals surface area contributed by atoms with E-state index in [-0.39, 0.29) is 31.2 Å². The van der Waals surface area contributed by atoms with Crippen LogP contribution in [0.2, 0.25) is 0 Å². The number of nitrogens with zero attached hydrogens (tertiary/aromatic N) is 2. The standard InChI is InChI=1S/C25H38N3O6PS/c1-24(2,3)34-23(31)28-19(16-33-25(28,4)5)14-20(36-12-11-26-35)21(29)27-18(15-32-22(27)30)13-17-9-7-6-8-10-17/h6-10,18-20,26H,11-16,35H2,1-5H3/t18-,19-,20-/m0/s1. The molecule has 1 aromatic carbocycles. The van der Waals surface area contributed by atoms with Crippen LogP contribution in [0.1, 0.15) is 46.6 Å². The summed E-state index contributed by atoms with van der Waals surface area (Å²) in [4.78, 5) is 42.4. The van der Waals surface area contributed by atoms with Gasteiger partial charge in [-0.25, -0.2) is 14.5 Å². The van der Waals surface area contributed by atoms with Gasteiger partial charge in [-0.3, -0.25) is 14.8 Å². The Hall–Kier alpha value is -1.87. The molecule has 3 rings (SSSR count). The van der Waals surface area contributed by atoms with Crippen molar-refractivity contribution in [2.75, 3.05) is 25.5 Å². The van der Waals surface area contributed by atoms with Gasteiger partial charge in [0.2, 0.25) is 5.91 Å². The van der Waals surface area contributed by atoms with Gasteiger partial charge in [-0.2, -0.15) is 0 Å². The van der Waals surface area contributed by atoms with Crippen LogP contribution in [-0.2, 0) is 25.4 Å². The maximum Gasteiger partial charge on any atom is 0.417 e. The average molecular weight is 540 g/mol. The normalized spacial score (nSPS) is 22.4. The minimum absolute atomic E-state index is 0.160. The van der Waals surface area contributed by atoms with Crippen LogP contribution < -0.4 is 5.09 Å². The Kier molecular flexibility index (Phi) is 9.66. The zero-order chi connectivity index (χ0) is 26.5. The molecule has 2 saturated heterocycles. The fraction of sp³-hybridized carbons (Fsp3) is 0.640. The Morgan fingerprint density at radius 3 is 2.56 bits per heavy atom. The Bertz CT molecular complexity index is 926. The molecule has 9 nitrogen and oxygen atoms in total. The van der Waals surface area contributed by atoms with Crippen molar-refractivity contribution in [1.82, 2.24) is 14.9 Å². The van der Waals surface area contributed by atoms with E-state index in [1.807, 2.05) is 65.0 Å². The smallest absolute Gasteiger partial charge is 0.417 e. The molecule has 2 aliphatic heterocycles. The lowest BCUT2D eigenvalue weighted by Crippen LogP contribution is -2.52. The number of benzene rings is 1. The van der Waals surface area contributed by atoms with Gasteiger partial charge in [0.25, 0.3) is 0 Å². The highest BCUT2D eigenvalue weighted by Gasteiger charge is 2.48. The number of imide groups is 1. The molecule has 2 heterocycles. The lowest BCUT2D eigenvalue weighted by molar-refractivity contribution is -0.129. The number of amides is 3. The van der Waals surface area contributed by atoms with Gasteiger partial charge in [0, 0.05) is 12.3 Å². The van der Waals surface area contributed by atoms with Crippen molar-refractivity contribution in [2.24, 2.45) is 0 Å². The molecule has 4 atom stereocenters. The molecule has 0 spiro atoms. The number of hydrogen-bond acceptors (Lipinski definition) is 8. The summed E-state index contributed by atoms with van der Waals surface area (Å²) in [6.07, 6.45) is -0.264. The first-order valence-corrected chi connectivity index (χ1v) is 13.8. The summed E-state index contributed by atoms with van der Waals surface area (Å²) in [5, 5.41) is 2.44. The Morgan fingerprint density at radius 2 is 1.92 bits per heavy atom. The Balaban J connectivity index is 1.81. The third-order valence-corrected chi connectivity index (χ3v) is 7.53. The number of rotatable bonds is 9. The summed E-state index contributed by atoms with van der Waals surface area (Å²) in [7, 11) is 2.45. The zero-order valence-electron chi connectivity index (χ0n) is 21.7. The highest BCUT2D eigenvalue weighted by atomic mass is 32.2. The SMILES string of the molecule is CC(C)(C)OC(=O)N1[C@@H](C[C@H](SCCNP)C(=O)N2C(=O)OC[C@@H]2Cc2ccccc2)COC1(C)C. The van der Waals surface area contributed by atoms with E-state index in [2.05, 4.69) is 14.5 Å². The van der Waals surface area contributed by atoms with Crippen molar-refractivity contribution in [1.29, 1.82) is 0 Å². The van der Waals surface area contributed by atoms with Crippen LogP contribution in [0.4, 0.5) is 9.59 Å². The summed E-state index contributed by atoms with van der Waals surface area (Å²) in [6.45, 7) is 10.2. The van der Waals surface area contributed by atoms with Gasteiger partial charge in [-0.1, -0.05) is 39.7 Å². The molecule has 1 unspecified atom stereocenters. The molecule has 1 N–H and O–H groups in total. The highest BCUT2D eigenvalue weighted by molar-refractivity contribution is 8.00. The molecule has 2 aliphatic rings. The zero-order valence-corrected chi connectivity index (χ0v) is 23.7. The number of cyclic esters (lactones) is 1. The van der Waals surface area contributed by atoms with E-state index in [1.54, 1.807) is 4.90 Å². The van der Waals surface area contributed by atoms with Crippen LogP contribution in [0.3, 0.4) is 0 Å². The average Bonchev–Trinajstić information content (AvgIpc) is 3.30. The molecule has 3 amide bonds. The molecule has 0 aromatic heterocycles. The number of thioether (sulfide) groups is 1. The van der Waals surface area contributed by atoms with E-state index in [9.17, 15) is 14.4 Å². The Labute approximate surface area is 220 Å². The van der Waals surface area contributed by atoms with Gasteiger partial charge in [0.05, 0.1) is 23.9 Å². The fourth-order valence-corrected chi connectivity index (χ4v) is 5.89. The van der Waals surface area contributed by atoms with E-state index in [4.69, 9.17) is 14.2 Å². The van der Waals surface area contributed by atoms with Gasteiger partial charge in [-0.05, 0) is 53.0 Å². The van der Waals surface area contributed by atoms with Crippen molar-refractivity contribution >= 4 is 39.2 Å². The molecular weight excluding hydrogens is 501 g/mol. The molecule has 0 saturated carbocycles. The predicted molar refractivity (Wildman–Crippen MR) is 143 cm³/mol. The van der Waals surface area contributed by atoms with Gasteiger partial charge in [0.15, 0.2) is 0 Å². The summed E-state index contributed by atoms with van der Waals surface area (Å²) in [6, 6.07) is 8.97. The van der Waals surface area contributed by atoms with E-state index in [0.717, 1.165) is 5.56 Å². The van der Waals surface area contributed by atoms with Crippen LogP contribution in [0.5, 0.6) is 0 Å². The van der Waals surface area contributed by atoms with E-state index < -0.39 is 28.8 Å². The number of hydrogen-bond donors (Lipinski definition) is 1. The third kappa shape index (κ3) is 7.34. The topological polar surface area (TPSA) is 97.4 Å². The van der Waals surface area contributed by atoms with Crippen molar-refractivity contribution in [3.63, 3.8) is 0 Å². The maximum atomic E-state index is 13.8. The second-order valence-electron chi connectivity index (χ2n) is 10.4. The van der Waals surface area contributed by atoms with Crippen LogP contribution >= 0.6 is 21.2 Å². The molecule has 0 radical (unpaired) electrons. The molecule has 0 bridgehead atoms. The molecule has 36 heavy (non-hydrogen) atoms. The summed E-state index contributed by atoms with van der Waals surface area (Å²) in [5.41, 5.74) is -0.523. The van der Waals surface area contributed by atoms with Gasteiger partial charge >= 0.3 is 12.2 Å². The Morgan fingerprint density at radius 1 is 1.22 bits per heavy atom. The quantitative estimate of drug-likeness (QED) is 0.374. The number of ether oxygens (including phenoxy) is 3. The molecular formula is C25H38N3O6PS. The van der Waals surface area contributed by atoms with Crippen LogP contribution in [-0.4, -0.2) is 82.1 Å². The van der Waals surface area contributed by atoms with Crippen molar-refractivity contribution in [3.05, 3.63) is 35.9 Å². The van der Waals surface area contributed by atoms with E-state index in [0.29, 0.717) is 25.1 Å². The van der Waals surface area contributed by atoms with E-state index >= 15 is 0 Å². The molecule has 1 aromatic rings. The second-order valence-corrected chi connectivity index (χ2v) is 12.2. The van der Waals surface area contributed by atoms with Crippen LogP contribution in [0.25, 0.3) is 0 Å². The number of carbonyl (C=O) groups is 3. The predicted octanol–water partition coefficient (Wildman–Crippen LogP) is 3.82. The van der Waals surface area contributed by atoms with Crippen molar-refractivity contribution in [3.8, 4) is 0 Å². The van der Waals surface area contributed by atoms with Crippen molar-refractivity contribution < 1.29 is 28.6 Å². The molecule has 2 fully saturated rings. The maximum absolute atomic E-state index is 13.8. The van der Waals surface area contributed by atoms with Gasteiger partial charge in [-0.15, -0.1) is 11.8 Å². The first-order chi connectivity index (χ1) is 16.9. The molecule has 0 aliphatic carbocycles. The van der Waals surface area contributed by atoms with Gasteiger partial charge < -0.3 is 14.2 Å². The number of nitrogens with one attached hydrogen (secondary N) is 1. The summed E-state index contributed by atoms with van der Waals surface area (Å²) in [5.74, 6) is 0.344. The molecule has 200 valence electrons. The third-order valence-electron chi connectivity index (χ3n) is 6.00. The number of carbonyl (C=O) groups excluding carboxylic acids is 3. The summed E-state index contributed by atoms with van der Waals surface area (Å²) >= 11 is 1.46. The van der Waals surface area contributed by atoms with Crippen LogP contribution in [0.15, 0.2) is 30.3 Å². The first kappa shape index (κ1) is 28.7. The monoisotopic (exact) mass is 539 g/mol. The second kappa shape index (κ2) is 12.1. The summed E-state index contributed by atoms with van der Waals surface area (Å²) < 4.78 is 16.9. The minimum atomic E-state index is -0.880. The fourth-order valence-electron chi connectivity index (χ4n) is 4.41. The minimum Gasteiger partial charge on any atom is -0.447 e. The largest absolute Gasteiger partial charge is 0.447 e. The van der Waals surface area contributed by atoms with E-state index in [1.165, 1.54) is 16.7 Å². The lowest BCUT2D eigenvalue weighted by Gasteiger charge is -2.36.